The summed E-state index contributed by atoms with van der Waals surface area (Å²) in [6.07, 6.45) is 2.35. The number of hydrogen-bond donors (Lipinski definition) is 0. The van der Waals surface area contributed by atoms with Crippen molar-refractivity contribution in [1.82, 2.24) is 0 Å². The predicted octanol–water partition coefficient (Wildman–Crippen LogP) is 3.41. The number of ether oxygens (including phenoxy) is 2. The first-order valence-electron chi connectivity index (χ1n) is 8.19. The summed E-state index contributed by atoms with van der Waals surface area (Å²) in [7, 11) is 3.43. The van der Waals surface area contributed by atoms with Crippen LogP contribution in [0.3, 0.4) is 0 Å². The molecule has 1 aliphatic rings. The van der Waals surface area contributed by atoms with Crippen LogP contribution in [0.1, 0.15) is 11.1 Å². The molecule has 3 aromatic carbocycles. The Kier molecular flexibility index (Phi) is 4.38. The van der Waals surface area contributed by atoms with Crippen LogP contribution in [0, 0.1) is 0 Å². The van der Waals surface area contributed by atoms with Crippen molar-refractivity contribution in [3.63, 3.8) is 0 Å². The van der Waals surface area contributed by atoms with E-state index in [2.05, 4.69) is 60.7 Å². The monoisotopic (exact) mass is 390 g/mol. The maximum atomic E-state index is 5.48. The van der Waals surface area contributed by atoms with Gasteiger partial charge in [0.25, 0.3) is 0 Å². The van der Waals surface area contributed by atoms with E-state index in [0.29, 0.717) is 0 Å². The molecule has 0 aromatic heterocycles. The number of rotatable bonds is 4. The Morgan fingerprint density at radius 2 is 1.40 bits per heavy atom. The van der Waals surface area contributed by atoms with Gasteiger partial charge in [-0.3, -0.25) is 0 Å². The first-order valence-corrected chi connectivity index (χ1v) is 11.0. The fourth-order valence-electron chi connectivity index (χ4n) is 3.14. The molecule has 2 nitrogen and oxygen atoms in total. The van der Waals surface area contributed by atoms with Gasteiger partial charge in [-0.1, -0.05) is 0 Å². The topological polar surface area (TPSA) is 18.5 Å². The summed E-state index contributed by atoms with van der Waals surface area (Å²) >= 11 is -1.59. The standard InChI is InChI=1S/C22H19AsO2/c1-24-19-11-8-16(9-12-19)21-14-17-10-13-20(25-2)15-22(17)23(21)18-6-4-3-5-7-18/h3-15H,1-2H3. The summed E-state index contributed by atoms with van der Waals surface area (Å²) in [5.74, 6) is 1.82. The van der Waals surface area contributed by atoms with Crippen molar-refractivity contribution in [2.75, 3.05) is 14.2 Å². The molecule has 0 radical (unpaired) electrons. The van der Waals surface area contributed by atoms with Crippen molar-refractivity contribution >= 4 is 33.8 Å². The fourth-order valence-corrected chi connectivity index (χ4v) is 8.62. The molecule has 0 spiro atoms. The van der Waals surface area contributed by atoms with E-state index in [1.807, 2.05) is 18.2 Å². The van der Waals surface area contributed by atoms with Crippen LogP contribution < -0.4 is 18.2 Å². The molecule has 1 unspecified atom stereocenters. The summed E-state index contributed by atoms with van der Waals surface area (Å²) in [5, 5.41) is 0. The molecule has 0 N–H and O–H groups in total. The van der Waals surface area contributed by atoms with Crippen molar-refractivity contribution in [3.8, 4) is 11.5 Å². The van der Waals surface area contributed by atoms with Crippen LogP contribution in [0.2, 0.25) is 0 Å². The average Bonchev–Trinajstić information content (AvgIpc) is 3.07. The van der Waals surface area contributed by atoms with E-state index in [1.165, 1.54) is 24.2 Å². The SMILES string of the molecule is COc1ccc(C2=Cc3ccc(OC)cc3[As]2c2ccccc2)cc1. The summed E-state index contributed by atoms with van der Waals surface area (Å²) in [6, 6.07) is 25.7. The van der Waals surface area contributed by atoms with Gasteiger partial charge in [0.05, 0.1) is 0 Å². The molecule has 0 aliphatic carbocycles. The summed E-state index contributed by atoms with van der Waals surface area (Å²) in [4.78, 5) is 0. The van der Waals surface area contributed by atoms with Gasteiger partial charge in [-0.05, 0) is 0 Å². The molecule has 124 valence electrons. The maximum absolute atomic E-state index is 5.48. The van der Waals surface area contributed by atoms with Gasteiger partial charge >= 0.3 is 153 Å². The molecule has 25 heavy (non-hydrogen) atoms. The molecule has 3 heteroatoms. The van der Waals surface area contributed by atoms with Crippen LogP contribution in [-0.4, -0.2) is 28.9 Å². The minimum atomic E-state index is -1.59. The van der Waals surface area contributed by atoms with Gasteiger partial charge in [0.1, 0.15) is 0 Å². The van der Waals surface area contributed by atoms with Gasteiger partial charge in [-0.15, -0.1) is 0 Å². The van der Waals surface area contributed by atoms with Crippen LogP contribution in [0.5, 0.6) is 11.5 Å². The van der Waals surface area contributed by atoms with Crippen molar-refractivity contribution in [3.05, 3.63) is 83.9 Å². The minimum absolute atomic E-state index is 0.889. The molecular weight excluding hydrogens is 371 g/mol. The molecule has 0 bridgehead atoms. The molecule has 0 amide bonds. The van der Waals surface area contributed by atoms with Gasteiger partial charge in [0, 0.05) is 0 Å². The van der Waals surface area contributed by atoms with E-state index < -0.39 is 14.7 Å². The zero-order valence-corrected chi connectivity index (χ0v) is 16.1. The van der Waals surface area contributed by atoms with Gasteiger partial charge in [0.15, 0.2) is 0 Å². The average molecular weight is 390 g/mol. The second-order valence-corrected chi connectivity index (χ2v) is 10.4. The first-order chi connectivity index (χ1) is 12.3. The summed E-state index contributed by atoms with van der Waals surface area (Å²) in [6.45, 7) is 0. The third-order valence-electron chi connectivity index (χ3n) is 4.41. The van der Waals surface area contributed by atoms with E-state index in [9.17, 15) is 0 Å². The molecule has 0 fully saturated rings. The van der Waals surface area contributed by atoms with Crippen molar-refractivity contribution in [2.45, 2.75) is 0 Å². The van der Waals surface area contributed by atoms with E-state index in [1.54, 1.807) is 14.2 Å². The zero-order valence-electron chi connectivity index (χ0n) is 14.3. The Bertz CT molecular complexity index is 915. The van der Waals surface area contributed by atoms with Crippen molar-refractivity contribution in [1.29, 1.82) is 0 Å². The number of benzene rings is 3. The van der Waals surface area contributed by atoms with Gasteiger partial charge in [0.2, 0.25) is 0 Å². The third-order valence-corrected chi connectivity index (χ3v) is 9.77. The van der Waals surface area contributed by atoms with Crippen LogP contribution in [0.15, 0.2) is 72.8 Å². The Morgan fingerprint density at radius 1 is 0.720 bits per heavy atom. The van der Waals surface area contributed by atoms with Crippen LogP contribution in [0.25, 0.3) is 10.4 Å². The second kappa shape index (κ2) is 6.82. The molecular formula is C22H19AsO2. The number of hydrogen-bond acceptors (Lipinski definition) is 2. The third kappa shape index (κ3) is 2.99. The van der Waals surface area contributed by atoms with Crippen molar-refractivity contribution in [2.24, 2.45) is 0 Å². The van der Waals surface area contributed by atoms with Gasteiger partial charge < -0.3 is 0 Å². The van der Waals surface area contributed by atoms with Crippen molar-refractivity contribution < 1.29 is 9.47 Å². The molecule has 0 saturated heterocycles. The van der Waals surface area contributed by atoms with E-state index >= 15 is 0 Å². The molecule has 1 atom stereocenters. The molecule has 3 aromatic rings. The van der Waals surface area contributed by atoms with Gasteiger partial charge in [-0.2, -0.15) is 0 Å². The fraction of sp³-hybridized carbons (Fsp3) is 0.0909. The number of methoxy groups -OCH3 is 2. The zero-order chi connectivity index (χ0) is 17.2. The van der Waals surface area contributed by atoms with E-state index in [0.717, 1.165) is 11.5 Å². The Balaban J connectivity index is 1.84. The van der Waals surface area contributed by atoms with Crippen LogP contribution in [0.4, 0.5) is 0 Å². The molecule has 0 saturated carbocycles. The molecule has 1 heterocycles. The second-order valence-electron chi connectivity index (χ2n) is 5.85. The van der Waals surface area contributed by atoms with Crippen LogP contribution >= 0.6 is 0 Å². The predicted molar refractivity (Wildman–Crippen MR) is 105 cm³/mol. The normalized spacial score (nSPS) is 15.4. The quantitative estimate of drug-likeness (QED) is 0.636. The summed E-state index contributed by atoms with van der Waals surface area (Å²) < 4.78 is 15.1. The Morgan fingerprint density at radius 3 is 2.08 bits per heavy atom. The number of fused-ring (bicyclic) bond motifs is 1. The van der Waals surface area contributed by atoms with Crippen LogP contribution in [-0.2, 0) is 0 Å². The van der Waals surface area contributed by atoms with E-state index in [-0.39, 0.29) is 0 Å². The Hall–Kier alpha value is -2.44. The van der Waals surface area contributed by atoms with E-state index in [4.69, 9.17) is 9.47 Å². The van der Waals surface area contributed by atoms with Gasteiger partial charge in [-0.25, -0.2) is 0 Å². The first kappa shape index (κ1) is 16.1. The molecule has 1 aliphatic heterocycles. The molecule has 4 rings (SSSR count). The summed E-state index contributed by atoms with van der Waals surface area (Å²) in [5.41, 5.74) is 2.59. The Labute approximate surface area is 153 Å².